The Kier molecular flexibility index (Phi) is 4.11. The Morgan fingerprint density at radius 1 is 1.47 bits per heavy atom. The summed E-state index contributed by atoms with van der Waals surface area (Å²) in [5.41, 5.74) is 1.00. The van der Waals surface area contributed by atoms with Crippen LogP contribution in [0.2, 0.25) is 0 Å². The highest BCUT2D eigenvalue weighted by atomic mass is 79.9. The summed E-state index contributed by atoms with van der Waals surface area (Å²) in [7, 11) is 1.59. The zero-order valence-corrected chi connectivity index (χ0v) is 11.7. The molecule has 1 heterocycles. The van der Waals surface area contributed by atoms with Crippen LogP contribution in [0, 0.1) is 0 Å². The van der Waals surface area contributed by atoms with Gasteiger partial charge in [0.15, 0.2) is 0 Å². The number of benzene rings is 1. The number of nitrogens with one attached hydrogen (secondary N) is 1. The van der Waals surface area contributed by atoms with Gasteiger partial charge in [0.05, 0.1) is 24.4 Å². The van der Waals surface area contributed by atoms with Crippen LogP contribution >= 0.6 is 15.9 Å². The van der Waals surface area contributed by atoms with Gasteiger partial charge in [-0.05, 0) is 40.2 Å². The maximum Gasteiger partial charge on any atom is 0.339 e. The van der Waals surface area contributed by atoms with Crippen LogP contribution in [-0.2, 0) is 6.54 Å². The zero-order chi connectivity index (χ0) is 13.8. The van der Waals surface area contributed by atoms with Gasteiger partial charge in [-0.3, -0.25) is 0 Å². The summed E-state index contributed by atoms with van der Waals surface area (Å²) in [6, 6.07) is 6.94. The lowest BCUT2D eigenvalue weighted by atomic mass is 10.2. The van der Waals surface area contributed by atoms with Gasteiger partial charge in [-0.1, -0.05) is 0 Å². The van der Waals surface area contributed by atoms with Gasteiger partial charge in [0.2, 0.25) is 0 Å². The fourth-order valence-electron chi connectivity index (χ4n) is 1.63. The molecule has 0 atom stereocenters. The van der Waals surface area contributed by atoms with Crippen molar-refractivity contribution in [1.82, 2.24) is 0 Å². The van der Waals surface area contributed by atoms with E-state index < -0.39 is 5.97 Å². The van der Waals surface area contributed by atoms with E-state index in [0.717, 1.165) is 15.9 Å². The first-order valence-corrected chi connectivity index (χ1v) is 6.28. The van der Waals surface area contributed by atoms with Crippen molar-refractivity contribution in [3.63, 3.8) is 0 Å². The number of furan rings is 1. The molecule has 6 heteroatoms. The molecule has 0 spiro atoms. The molecule has 0 aliphatic rings. The number of carbonyl (C=O) groups is 1. The lowest BCUT2D eigenvalue weighted by Crippen LogP contribution is -2.04. The smallest absolute Gasteiger partial charge is 0.339 e. The van der Waals surface area contributed by atoms with Gasteiger partial charge < -0.3 is 19.6 Å². The first-order chi connectivity index (χ1) is 9.11. The van der Waals surface area contributed by atoms with Gasteiger partial charge >= 0.3 is 5.97 Å². The highest BCUT2D eigenvalue weighted by Crippen LogP contribution is 2.28. The average Bonchev–Trinajstić information content (AvgIpc) is 2.85. The first kappa shape index (κ1) is 13.5. The second kappa shape index (κ2) is 5.79. The van der Waals surface area contributed by atoms with Gasteiger partial charge in [-0.15, -0.1) is 0 Å². The van der Waals surface area contributed by atoms with Crippen molar-refractivity contribution < 1.29 is 19.1 Å². The Morgan fingerprint density at radius 2 is 2.26 bits per heavy atom. The molecule has 19 heavy (non-hydrogen) atoms. The molecule has 0 aliphatic heterocycles. The van der Waals surface area contributed by atoms with E-state index in [1.165, 1.54) is 12.3 Å². The monoisotopic (exact) mass is 325 g/mol. The van der Waals surface area contributed by atoms with Crippen LogP contribution in [-0.4, -0.2) is 18.2 Å². The molecule has 1 aromatic heterocycles. The molecule has 0 aliphatic carbocycles. The van der Waals surface area contributed by atoms with Crippen molar-refractivity contribution in [2.75, 3.05) is 12.4 Å². The third-order valence-corrected chi connectivity index (χ3v) is 3.20. The maximum atomic E-state index is 10.9. The number of methoxy groups -OCH3 is 1. The molecule has 2 aromatic rings. The van der Waals surface area contributed by atoms with Gasteiger partial charge in [0, 0.05) is 5.69 Å². The summed E-state index contributed by atoms with van der Waals surface area (Å²) in [5.74, 6) is 0.121. The Hall–Kier alpha value is -1.95. The number of carboxylic acid groups (broad SMARTS) is 1. The molecule has 0 saturated heterocycles. The van der Waals surface area contributed by atoms with E-state index in [1.807, 2.05) is 18.2 Å². The Morgan fingerprint density at radius 3 is 2.89 bits per heavy atom. The summed E-state index contributed by atoms with van der Waals surface area (Å²) >= 11 is 3.38. The van der Waals surface area contributed by atoms with Crippen LogP contribution in [0.4, 0.5) is 5.69 Å². The molecule has 0 fully saturated rings. The molecule has 0 bridgehead atoms. The number of carboxylic acids is 1. The molecule has 0 amide bonds. The van der Waals surface area contributed by atoms with E-state index in [1.54, 1.807) is 7.11 Å². The number of rotatable bonds is 5. The number of hydrogen-bond donors (Lipinski definition) is 2. The lowest BCUT2D eigenvalue weighted by Gasteiger charge is -2.08. The second-order valence-electron chi connectivity index (χ2n) is 3.77. The molecule has 0 radical (unpaired) electrons. The van der Waals surface area contributed by atoms with Crippen molar-refractivity contribution in [2.24, 2.45) is 0 Å². The van der Waals surface area contributed by atoms with Crippen LogP contribution < -0.4 is 10.1 Å². The maximum absolute atomic E-state index is 10.9. The SMILES string of the molecule is COc1ccc(NCc2occc2C(=O)O)cc1Br. The molecule has 0 unspecified atom stereocenters. The van der Waals surface area contributed by atoms with Crippen molar-refractivity contribution in [3.8, 4) is 5.75 Å². The molecule has 2 rings (SSSR count). The molecule has 5 nitrogen and oxygen atoms in total. The normalized spacial score (nSPS) is 10.2. The Bertz CT molecular complexity index is 594. The van der Waals surface area contributed by atoms with E-state index in [2.05, 4.69) is 21.2 Å². The summed E-state index contributed by atoms with van der Waals surface area (Å²) in [6.07, 6.45) is 1.37. The minimum Gasteiger partial charge on any atom is -0.496 e. The molecule has 2 N–H and O–H groups in total. The third kappa shape index (κ3) is 3.08. The van der Waals surface area contributed by atoms with Crippen LogP contribution in [0.1, 0.15) is 16.1 Å². The third-order valence-electron chi connectivity index (χ3n) is 2.58. The summed E-state index contributed by atoms with van der Waals surface area (Å²) < 4.78 is 11.1. The number of hydrogen-bond acceptors (Lipinski definition) is 4. The Balaban J connectivity index is 2.08. The van der Waals surface area contributed by atoms with Crippen molar-refractivity contribution in [3.05, 3.63) is 46.3 Å². The van der Waals surface area contributed by atoms with E-state index in [0.29, 0.717) is 12.3 Å². The van der Waals surface area contributed by atoms with Crippen LogP contribution in [0.5, 0.6) is 5.75 Å². The lowest BCUT2D eigenvalue weighted by molar-refractivity contribution is 0.0694. The van der Waals surface area contributed by atoms with E-state index in [4.69, 9.17) is 14.3 Å². The molecule has 0 saturated carbocycles. The molecular weight excluding hydrogens is 314 g/mol. The van der Waals surface area contributed by atoms with Crippen molar-refractivity contribution >= 4 is 27.6 Å². The standard InChI is InChI=1S/C13H12BrNO4/c1-18-11-3-2-8(6-10(11)14)15-7-12-9(13(16)17)4-5-19-12/h2-6,15H,7H2,1H3,(H,16,17). The minimum atomic E-state index is -0.999. The first-order valence-electron chi connectivity index (χ1n) is 5.49. The number of anilines is 1. The van der Waals surface area contributed by atoms with Gasteiger partial charge in [-0.2, -0.15) is 0 Å². The van der Waals surface area contributed by atoms with Crippen molar-refractivity contribution in [1.29, 1.82) is 0 Å². The van der Waals surface area contributed by atoms with Gasteiger partial charge in [0.25, 0.3) is 0 Å². The minimum absolute atomic E-state index is 0.167. The fourth-order valence-corrected chi connectivity index (χ4v) is 2.17. The van der Waals surface area contributed by atoms with Gasteiger partial charge in [0.1, 0.15) is 17.1 Å². The predicted octanol–water partition coefficient (Wildman–Crippen LogP) is 3.36. The fraction of sp³-hybridized carbons (Fsp3) is 0.154. The second-order valence-corrected chi connectivity index (χ2v) is 4.62. The van der Waals surface area contributed by atoms with Crippen LogP contribution in [0.25, 0.3) is 0 Å². The molecular formula is C13H12BrNO4. The van der Waals surface area contributed by atoms with Crippen LogP contribution in [0.3, 0.4) is 0 Å². The van der Waals surface area contributed by atoms with Gasteiger partial charge in [-0.25, -0.2) is 4.79 Å². The number of aromatic carboxylic acids is 1. The largest absolute Gasteiger partial charge is 0.496 e. The molecule has 1 aromatic carbocycles. The Labute approximate surface area is 118 Å². The van der Waals surface area contributed by atoms with E-state index in [9.17, 15) is 4.79 Å². The van der Waals surface area contributed by atoms with E-state index >= 15 is 0 Å². The zero-order valence-electron chi connectivity index (χ0n) is 10.1. The average molecular weight is 326 g/mol. The van der Waals surface area contributed by atoms with E-state index in [-0.39, 0.29) is 5.56 Å². The summed E-state index contributed by atoms with van der Waals surface area (Å²) in [4.78, 5) is 10.9. The number of ether oxygens (including phenoxy) is 1. The molecule has 100 valence electrons. The highest BCUT2D eigenvalue weighted by molar-refractivity contribution is 9.10. The van der Waals surface area contributed by atoms with Crippen LogP contribution in [0.15, 0.2) is 39.4 Å². The van der Waals surface area contributed by atoms with Crippen molar-refractivity contribution in [2.45, 2.75) is 6.54 Å². The summed E-state index contributed by atoms with van der Waals surface area (Å²) in [6.45, 7) is 0.299. The topological polar surface area (TPSA) is 71.7 Å². The quantitative estimate of drug-likeness (QED) is 0.881. The predicted molar refractivity (Wildman–Crippen MR) is 73.7 cm³/mol. The highest BCUT2D eigenvalue weighted by Gasteiger charge is 2.12. The number of halogens is 1. The summed E-state index contributed by atoms with van der Waals surface area (Å²) in [5, 5.41) is 12.0.